The monoisotopic (exact) mass is 658 g/mol. The quantitative estimate of drug-likeness (QED) is 0.127. The molecule has 1 saturated heterocycles. The average Bonchev–Trinajstić information content (AvgIpc) is 3.63. The highest BCUT2D eigenvalue weighted by atomic mass is 32.2. The summed E-state index contributed by atoms with van der Waals surface area (Å²) in [6.45, 7) is 3.10. The summed E-state index contributed by atoms with van der Waals surface area (Å²) in [6, 6.07) is 8.63. The molecular weight excluding hydrogens is 630 g/mol. The van der Waals surface area contributed by atoms with Crippen LogP contribution in [0.4, 0.5) is 13.2 Å². The summed E-state index contributed by atoms with van der Waals surface area (Å²) in [5, 5.41) is 27.3. The number of carbonyl (C=O) groups is 3. The number of alkyl halides is 3. The minimum atomic E-state index is -5.08. The van der Waals surface area contributed by atoms with Crippen LogP contribution in [0.2, 0.25) is 0 Å². The van der Waals surface area contributed by atoms with Crippen LogP contribution in [-0.4, -0.2) is 81.8 Å². The lowest BCUT2D eigenvalue weighted by atomic mass is 9.86. The third-order valence-electron chi connectivity index (χ3n) is 6.43. The number of amidine groups is 1. The number of likely N-dealkylation sites (N-methyl/N-ethyl adjacent to an activating group) is 1. The molecule has 10 nitrogen and oxygen atoms in total. The van der Waals surface area contributed by atoms with Crippen molar-refractivity contribution in [2.75, 3.05) is 26.0 Å². The normalized spacial score (nSPS) is 17.0. The zero-order valence-electron chi connectivity index (χ0n) is 23.0. The predicted octanol–water partition coefficient (Wildman–Crippen LogP) is 5.31. The summed E-state index contributed by atoms with van der Waals surface area (Å²) in [5.41, 5.74) is 8.28. The number of hydrogen-bond donors (Lipinski definition) is 4. The van der Waals surface area contributed by atoms with Crippen molar-refractivity contribution in [3.05, 3.63) is 40.6 Å². The van der Waals surface area contributed by atoms with Gasteiger partial charge in [0.05, 0.1) is 26.7 Å². The minimum absolute atomic E-state index is 0.0442. The maximum atomic E-state index is 13.0. The van der Waals surface area contributed by atoms with E-state index < -0.39 is 30.1 Å². The number of carbonyl (C=O) groups excluding carboxylic acids is 1. The van der Waals surface area contributed by atoms with Gasteiger partial charge in [0.15, 0.2) is 5.78 Å². The number of halogens is 3. The molecule has 232 valence electrons. The predicted molar refractivity (Wildman–Crippen MR) is 159 cm³/mol. The maximum Gasteiger partial charge on any atom is 0.490 e. The van der Waals surface area contributed by atoms with E-state index in [0.29, 0.717) is 25.3 Å². The second-order valence-corrected chi connectivity index (χ2v) is 12.2. The molecule has 3 aromatic rings. The number of aliphatic carboxylic acids is 2. The molecular formula is C27H29F3N4O6S3. The number of nitrogens with two attached hydrogens (primary N) is 1. The molecule has 0 saturated carbocycles. The van der Waals surface area contributed by atoms with E-state index in [1.165, 1.54) is 22.7 Å². The number of piperidine rings is 1. The van der Waals surface area contributed by atoms with Gasteiger partial charge in [0.25, 0.3) is 0 Å². The van der Waals surface area contributed by atoms with E-state index in [4.69, 9.17) is 30.8 Å². The molecule has 1 fully saturated rings. The van der Waals surface area contributed by atoms with E-state index in [-0.39, 0.29) is 18.2 Å². The second-order valence-electron chi connectivity index (χ2n) is 9.21. The molecule has 2 atom stereocenters. The first-order valence-corrected chi connectivity index (χ1v) is 15.7. The number of nitrogens with zero attached hydrogens (tertiary/aromatic N) is 2. The summed E-state index contributed by atoms with van der Waals surface area (Å²) in [5.74, 6) is -4.04. The van der Waals surface area contributed by atoms with Crippen molar-refractivity contribution in [1.82, 2.24) is 9.88 Å². The first kappa shape index (κ1) is 34.0. The van der Waals surface area contributed by atoms with E-state index in [2.05, 4.69) is 0 Å². The number of nitrogens with one attached hydrogen (secondary N) is 1. The highest BCUT2D eigenvalue weighted by molar-refractivity contribution is 8.00. The summed E-state index contributed by atoms with van der Waals surface area (Å²) in [4.78, 5) is 41.1. The number of ketones is 1. The highest BCUT2D eigenvalue weighted by Crippen LogP contribution is 2.40. The molecule has 0 amide bonds. The van der Waals surface area contributed by atoms with Gasteiger partial charge in [0, 0.05) is 16.5 Å². The first-order chi connectivity index (χ1) is 20.3. The second kappa shape index (κ2) is 14.8. The number of ether oxygens (including phenoxy) is 1. The van der Waals surface area contributed by atoms with Crippen LogP contribution < -0.4 is 10.5 Å². The lowest BCUT2D eigenvalue weighted by Gasteiger charge is -2.37. The fraction of sp³-hybridized carbons (Fsp3) is 0.370. The van der Waals surface area contributed by atoms with Crippen LogP contribution in [0.5, 0.6) is 5.75 Å². The largest absolute Gasteiger partial charge is 0.490 e. The molecule has 1 aliphatic heterocycles. The number of thiazole rings is 1. The number of thiophene rings is 1. The minimum Gasteiger partial charge on any atom is -0.486 e. The van der Waals surface area contributed by atoms with E-state index in [1.807, 2.05) is 47.7 Å². The SMILES string of the molecule is CCN1CCCC(C(=O)O)C1C(=O)COc1cccc(-c2csc(-c3cc(C(=N)N)sc3SC)n2)c1.O=C(O)C(F)(F)F. The van der Waals surface area contributed by atoms with Gasteiger partial charge in [-0.2, -0.15) is 13.2 Å². The van der Waals surface area contributed by atoms with Crippen molar-refractivity contribution in [2.45, 2.75) is 36.2 Å². The van der Waals surface area contributed by atoms with Crippen LogP contribution in [0.25, 0.3) is 21.8 Å². The number of likely N-dealkylation sites (tertiary alicyclic amines) is 1. The number of Topliss-reactive ketones (excluding diaryl/α,β-unsaturated/α-hetero) is 1. The van der Waals surface area contributed by atoms with Gasteiger partial charge >= 0.3 is 18.1 Å². The number of thioether (sulfide) groups is 1. The fourth-order valence-corrected chi connectivity index (χ4v) is 7.14. The molecule has 1 aliphatic rings. The van der Waals surface area contributed by atoms with Crippen LogP contribution in [0.3, 0.4) is 0 Å². The zero-order valence-corrected chi connectivity index (χ0v) is 25.5. The molecule has 0 spiro atoms. The average molecular weight is 659 g/mol. The van der Waals surface area contributed by atoms with Crippen LogP contribution in [0.15, 0.2) is 39.9 Å². The summed E-state index contributed by atoms with van der Waals surface area (Å²) in [6.07, 6.45) is -1.82. The molecule has 2 unspecified atom stereocenters. The Morgan fingerprint density at radius 1 is 1.26 bits per heavy atom. The molecule has 3 heterocycles. The number of benzene rings is 1. The Balaban J connectivity index is 0.000000646. The summed E-state index contributed by atoms with van der Waals surface area (Å²) in [7, 11) is 0. The molecule has 1 aromatic carbocycles. The number of rotatable bonds is 10. The topological polar surface area (TPSA) is 167 Å². The van der Waals surface area contributed by atoms with Gasteiger partial charge in [-0.25, -0.2) is 9.78 Å². The Bertz CT molecular complexity index is 1480. The van der Waals surface area contributed by atoms with Crippen LogP contribution in [0, 0.1) is 11.3 Å². The van der Waals surface area contributed by atoms with Gasteiger partial charge in [0.2, 0.25) is 0 Å². The van der Waals surface area contributed by atoms with Crippen LogP contribution in [-0.2, 0) is 14.4 Å². The summed E-state index contributed by atoms with van der Waals surface area (Å²) < 4.78 is 38.6. The van der Waals surface area contributed by atoms with Crippen molar-refractivity contribution >= 4 is 58.0 Å². The zero-order chi connectivity index (χ0) is 31.9. The Morgan fingerprint density at radius 2 is 1.95 bits per heavy atom. The van der Waals surface area contributed by atoms with Crippen LogP contribution in [0.1, 0.15) is 24.6 Å². The van der Waals surface area contributed by atoms with Gasteiger partial charge in [-0.3, -0.25) is 19.9 Å². The molecule has 0 aliphatic carbocycles. The van der Waals surface area contributed by atoms with E-state index in [0.717, 1.165) is 37.3 Å². The smallest absolute Gasteiger partial charge is 0.486 e. The first-order valence-electron chi connectivity index (χ1n) is 12.8. The molecule has 0 radical (unpaired) electrons. The molecule has 4 rings (SSSR count). The summed E-state index contributed by atoms with van der Waals surface area (Å²) >= 11 is 4.60. The van der Waals surface area contributed by atoms with Crippen LogP contribution >= 0.6 is 34.4 Å². The molecule has 16 heteroatoms. The third kappa shape index (κ3) is 8.78. The number of nitrogen functional groups attached to an aromatic ring is 1. The van der Waals surface area contributed by atoms with Crippen molar-refractivity contribution in [2.24, 2.45) is 11.7 Å². The Morgan fingerprint density at radius 3 is 2.53 bits per heavy atom. The lowest BCUT2D eigenvalue weighted by Crippen LogP contribution is -2.53. The van der Waals surface area contributed by atoms with Gasteiger partial charge in [0.1, 0.15) is 23.2 Å². The number of carboxylic acids is 2. The van der Waals surface area contributed by atoms with Gasteiger partial charge in [-0.15, -0.1) is 34.4 Å². The standard InChI is InChI=1S/C25H28N4O4S3.C2HF3O2/c1-3-29-9-5-8-16(24(31)32)21(29)19(30)12-33-15-7-4-6-14(10-15)18-13-35-23(28-18)17-11-20(22(26)27)36-25(17)34-2;3-2(4,5)1(6)7/h4,6-7,10-11,13,16,21H,3,5,8-9,12H2,1-2H3,(H3,26,27)(H,31,32);(H,6,7). The Hall–Kier alpha value is -3.47. The Labute approximate surface area is 257 Å². The number of hydrogen-bond acceptors (Lipinski definition) is 10. The lowest BCUT2D eigenvalue weighted by molar-refractivity contribution is -0.192. The van der Waals surface area contributed by atoms with Gasteiger partial charge in [-0.1, -0.05) is 19.1 Å². The van der Waals surface area contributed by atoms with Crippen molar-refractivity contribution in [1.29, 1.82) is 5.41 Å². The van der Waals surface area contributed by atoms with Crippen molar-refractivity contribution in [3.63, 3.8) is 0 Å². The number of carboxylic acid groups (broad SMARTS) is 2. The van der Waals surface area contributed by atoms with Gasteiger partial charge < -0.3 is 20.7 Å². The van der Waals surface area contributed by atoms with E-state index in [9.17, 15) is 27.9 Å². The van der Waals surface area contributed by atoms with Crippen molar-refractivity contribution in [3.8, 4) is 27.6 Å². The Kier molecular flexibility index (Phi) is 11.7. The van der Waals surface area contributed by atoms with E-state index in [1.54, 1.807) is 17.8 Å². The third-order valence-corrected chi connectivity index (χ3v) is 9.60. The molecule has 0 bridgehead atoms. The fourth-order valence-electron chi connectivity index (χ4n) is 4.43. The molecule has 5 N–H and O–H groups in total. The highest BCUT2D eigenvalue weighted by Gasteiger charge is 2.40. The molecule has 43 heavy (non-hydrogen) atoms. The number of aromatic nitrogens is 1. The van der Waals surface area contributed by atoms with E-state index >= 15 is 0 Å². The van der Waals surface area contributed by atoms with Crippen molar-refractivity contribution < 1.29 is 42.5 Å². The maximum absolute atomic E-state index is 13.0. The van der Waals surface area contributed by atoms with Gasteiger partial charge in [-0.05, 0) is 50.4 Å². The molecule has 2 aromatic heterocycles.